The first kappa shape index (κ1) is 96.4. The fourth-order valence-corrected chi connectivity index (χ4v) is 19.4. The number of benzene rings is 11. The van der Waals surface area contributed by atoms with Gasteiger partial charge in [0.25, 0.3) is 0 Å². The first-order valence-electron chi connectivity index (χ1n) is 47.7. The number of allylic oxidation sites excluding steroid dienone is 1. The zero-order chi connectivity index (χ0) is 101. The van der Waals surface area contributed by atoms with E-state index in [4.69, 9.17) is 45.3 Å². The number of nitrogens with one attached hydrogen (secondary N) is 3. The van der Waals surface area contributed by atoms with E-state index in [0.29, 0.717) is 133 Å². The molecule has 0 saturated heterocycles. The van der Waals surface area contributed by atoms with Crippen molar-refractivity contribution in [3.63, 3.8) is 0 Å². The second-order valence-electron chi connectivity index (χ2n) is 35.7. The standard InChI is InChI=1S/C29H23N5O2.C26H17N5O3.C22H16FN5O2.C22H24N2.C20H21N/c1-3-35-26-14-20(12-13-25(26)36-17-19-10-8-18(2)9-11-19)27-21(15-30)28(32)34-24-7-5-4-6-23(24)33-29(34)22(27)16-31;1-2-33-26(32)16-9-7-15(8-10-16)21-11-12-22(34-21)23-17(13-27)24(29)31-20-6-4-3-5-19(20)30-25(31)18(23)14-28;1-12(23)30-18-8-7-13(9-19(18)29-2)20-14(10-24)21(26)28-17-6-4-3-5-16(17)27-22(28)15(20)11-25;1-14(2)16-6-4-7-17(13-16)23-21-9-5-8-18-19-12-15(3)10-11-20(19)24-22(18)21;1-14-10-11-19-18(12-14)17-9-5-8-16(20(17)21-19)13-15-6-3-2-4-7-15/h4-14H,3,17,32H2,1-2H3;3-12H,2,29H2,1H3;3-9,12H,26H2,1-2H3;4,6-7,10-13,21,23-24H,1,5,8-9H2,2-3H3;2-4,6-7,10-12,16,21H,5,8-9,13H2,1H3. The number of nitriles is 6. The van der Waals surface area contributed by atoms with E-state index in [-0.39, 0.29) is 62.3 Å². The Kier molecular flexibility index (Phi) is 27.9. The number of nitrogens with zero attached hydrogens (tertiary/aromatic N) is 12. The molecule has 145 heavy (non-hydrogen) atoms. The molecule has 2 aliphatic rings. The lowest BCUT2D eigenvalue weighted by Gasteiger charge is -2.25. The van der Waals surface area contributed by atoms with E-state index in [0.717, 1.165) is 35.1 Å². The number of carbonyl (C=O) groups excluding carboxylic acids is 1. The van der Waals surface area contributed by atoms with Crippen LogP contribution in [0.25, 0.3) is 122 Å². The molecule has 0 fully saturated rings. The molecule has 0 amide bonds. The lowest BCUT2D eigenvalue weighted by Crippen LogP contribution is -2.17. The number of rotatable bonds is 19. The van der Waals surface area contributed by atoms with Gasteiger partial charge >= 0.3 is 5.97 Å². The minimum atomic E-state index is -1.53. The van der Waals surface area contributed by atoms with Crippen LogP contribution in [0, 0.1) is 88.8 Å². The van der Waals surface area contributed by atoms with E-state index in [1.54, 1.807) is 86.4 Å². The predicted molar refractivity (Wildman–Crippen MR) is 566 cm³/mol. The topological polar surface area (TPSA) is 393 Å². The molecular formula is C119H101FN18O7. The highest BCUT2D eigenvalue weighted by Gasteiger charge is 2.32. The first-order valence-corrected chi connectivity index (χ1v) is 47.7. The molecule has 11 aromatic carbocycles. The van der Waals surface area contributed by atoms with Gasteiger partial charge in [0.1, 0.15) is 105 Å². The van der Waals surface area contributed by atoms with Gasteiger partial charge < -0.3 is 60.6 Å². The van der Waals surface area contributed by atoms with Gasteiger partial charge in [0.15, 0.2) is 39.9 Å². The smallest absolute Gasteiger partial charge is 0.338 e. The molecular weight excluding hydrogens is 1810 g/mol. The fraction of sp³-hybridized carbons (Fsp3) is 0.176. The van der Waals surface area contributed by atoms with Crippen molar-refractivity contribution >= 4 is 107 Å². The molecule has 3 atom stereocenters. The number of furan rings is 1. The number of anilines is 4. The number of nitrogens with two attached hydrogens (primary N) is 3. The minimum Gasteiger partial charge on any atom is -0.493 e. The van der Waals surface area contributed by atoms with Crippen molar-refractivity contribution in [3.8, 4) is 104 Å². The molecule has 9 heterocycles. The number of aromatic nitrogens is 8. The molecule has 22 rings (SSSR count). The predicted octanol–water partition coefficient (Wildman–Crippen LogP) is 26.0. The number of nitrogen functional groups attached to an aromatic ring is 3. The van der Waals surface area contributed by atoms with Crippen LogP contribution in [0.15, 0.2) is 272 Å². The maximum Gasteiger partial charge on any atom is 0.338 e. The molecule has 0 bridgehead atoms. The number of hydrogen-bond donors (Lipinski definition) is 6. The zero-order valence-corrected chi connectivity index (χ0v) is 81.2. The van der Waals surface area contributed by atoms with E-state index in [9.17, 15) is 40.8 Å². The SMILES string of the molecule is C=C(C)c1cccc(NC2CCCc3c2[nH]c2ccc(C)cc32)c1.CCOC(=O)c1ccc(-c2ccc(-c3c(C#N)c(N)n4c(nc5ccccc54)c3C#N)o2)cc1.CCOc1cc(-c2c(C#N)c(N)n3c(nc4ccccc43)c2C#N)ccc1OCc1ccc(C)cc1.COc1cc(-c2c(C#N)c(N)n3c(nc4ccccc43)c2C#N)ccc1OC(C)F.Cc1ccc2[nH]c3c(c2c1)CCCC3Cc1ccccc1. The van der Waals surface area contributed by atoms with Crippen molar-refractivity contribution in [2.45, 2.75) is 118 Å². The number of methoxy groups -OCH3 is 1. The van der Waals surface area contributed by atoms with Crippen LogP contribution in [-0.2, 0) is 30.6 Å². The Bertz CT molecular complexity index is 8720. The average Bonchev–Trinajstić information content (AvgIpc) is 1.60. The number of imidazole rings is 3. The van der Waals surface area contributed by atoms with Gasteiger partial charge in [0, 0.05) is 68.4 Å². The van der Waals surface area contributed by atoms with Crippen molar-refractivity contribution < 1.29 is 37.3 Å². The second kappa shape index (κ2) is 42.0. The number of aromatic amines is 2. The third-order valence-corrected chi connectivity index (χ3v) is 26.2. The van der Waals surface area contributed by atoms with Crippen LogP contribution < -0.4 is 41.5 Å². The summed E-state index contributed by atoms with van der Waals surface area (Å²) in [6, 6.07) is 96.8. The molecule has 9 N–H and O–H groups in total. The van der Waals surface area contributed by atoms with Gasteiger partial charge in [-0.15, -0.1) is 0 Å². The van der Waals surface area contributed by atoms with Crippen LogP contribution in [0.3, 0.4) is 0 Å². The van der Waals surface area contributed by atoms with E-state index < -0.39 is 12.3 Å². The van der Waals surface area contributed by atoms with Crippen molar-refractivity contribution in [2.24, 2.45) is 0 Å². The Balaban J connectivity index is 0.000000120. The Morgan fingerprint density at radius 3 is 1.50 bits per heavy atom. The monoisotopic (exact) mass is 1910 g/mol. The van der Waals surface area contributed by atoms with Gasteiger partial charge in [-0.05, 0) is 247 Å². The summed E-state index contributed by atoms with van der Waals surface area (Å²) < 4.78 is 51.6. The minimum absolute atomic E-state index is 0.130. The van der Waals surface area contributed by atoms with Gasteiger partial charge in [-0.25, -0.2) is 24.1 Å². The summed E-state index contributed by atoms with van der Waals surface area (Å²) in [5, 5.41) is 66.6. The number of pyridine rings is 3. The number of fused-ring (bicyclic) bond motifs is 15. The van der Waals surface area contributed by atoms with Gasteiger partial charge in [0.05, 0.1) is 70.6 Å². The van der Waals surface area contributed by atoms with Gasteiger partial charge in [-0.3, -0.25) is 13.2 Å². The molecule has 9 aromatic heterocycles. The number of aryl methyl sites for hydroxylation is 5. The zero-order valence-electron chi connectivity index (χ0n) is 81.2. The highest BCUT2D eigenvalue weighted by atomic mass is 19.1. The van der Waals surface area contributed by atoms with Gasteiger partial charge in [-0.1, -0.05) is 168 Å². The van der Waals surface area contributed by atoms with E-state index >= 15 is 0 Å². The number of hydrogen-bond acceptors (Lipinski definition) is 20. The van der Waals surface area contributed by atoms with Crippen molar-refractivity contribution in [1.29, 1.82) is 31.6 Å². The fourth-order valence-electron chi connectivity index (χ4n) is 19.4. The summed E-state index contributed by atoms with van der Waals surface area (Å²) in [7, 11) is 1.42. The molecule has 20 aromatic rings. The van der Waals surface area contributed by atoms with E-state index in [1.165, 1.54) is 124 Å². The molecule has 25 nitrogen and oxygen atoms in total. The van der Waals surface area contributed by atoms with E-state index in [2.05, 4.69) is 185 Å². The number of carbonyl (C=O) groups is 1. The average molecular weight is 1910 g/mol. The summed E-state index contributed by atoms with van der Waals surface area (Å²) >= 11 is 0. The molecule has 716 valence electrons. The van der Waals surface area contributed by atoms with Crippen LogP contribution in [0.2, 0.25) is 0 Å². The highest BCUT2D eigenvalue weighted by Crippen LogP contribution is 2.46. The lowest BCUT2D eigenvalue weighted by atomic mass is 9.83. The second-order valence-corrected chi connectivity index (χ2v) is 35.7. The van der Waals surface area contributed by atoms with Crippen LogP contribution in [-0.4, -0.2) is 70.8 Å². The number of ether oxygens (including phenoxy) is 5. The Hall–Kier alpha value is -18.9. The summed E-state index contributed by atoms with van der Waals surface area (Å²) in [5.74, 6) is 3.19. The van der Waals surface area contributed by atoms with Crippen LogP contribution in [0.1, 0.15) is 165 Å². The summed E-state index contributed by atoms with van der Waals surface area (Å²) in [5.41, 5.74) is 47.3. The number of H-pyrrole nitrogens is 2. The Morgan fingerprint density at radius 1 is 0.490 bits per heavy atom. The Morgan fingerprint density at radius 2 is 0.972 bits per heavy atom. The molecule has 0 radical (unpaired) electrons. The quantitative estimate of drug-likeness (QED) is 0.0409. The summed E-state index contributed by atoms with van der Waals surface area (Å²) in [4.78, 5) is 33.1. The van der Waals surface area contributed by atoms with Crippen molar-refractivity contribution in [1.82, 2.24) is 38.1 Å². The molecule has 0 saturated carbocycles. The third-order valence-electron chi connectivity index (χ3n) is 26.2. The van der Waals surface area contributed by atoms with Crippen LogP contribution >= 0.6 is 0 Å². The number of alkyl halides is 1. The lowest BCUT2D eigenvalue weighted by molar-refractivity contribution is 0.0526. The van der Waals surface area contributed by atoms with Gasteiger partial charge in [0.2, 0.25) is 6.36 Å². The molecule has 0 aliphatic heterocycles. The molecule has 0 spiro atoms. The van der Waals surface area contributed by atoms with Crippen LogP contribution in [0.4, 0.5) is 27.5 Å². The normalized spacial score (nSPS) is 13.0. The van der Waals surface area contributed by atoms with Crippen LogP contribution in [0.5, 0.6) is 23.0 Å². The highest BCUT2D eigenvalue weighted by molar-refractivity contribution is 5.98. The third kappa shape index (κ3) is 19.2. The molecule has 3 unspecified atom stereocenters. The first-order chi connectivity index (χ1) is 70.5. The largest absolute Gasteiger partial charge is 0.493 e. The van der Waals surface area contributed by atoms with Crippen molar-refractivity contribution in [2.75, 3.05) is 42.8 Å². The van der Waals surface area contributed by atoms with E-state index in [1.807, 2.05) is 117 Å². The number of esters is 1. The molecule has 26 heteroatoms. The van der Waals surface area contributed by atoms with Crippen molar-refractivity contribution in [3.05, 3.63) is 362 Å². The van der Waals surface area contributed by atoms with Gasteiger partial charge in [-0.2, -0.15) is 31.6 Å². The molecule has 2 aliphatic carbocycles. The maximum atomic E-state index is 13.3. The Labute approximate surface area is 836 Å². The summed E-state index contributed by atoms with van der Waals surface area (Å²) in [6.07, 6.45) is 7.02. The summed E-state index contributed by atoms with van der Waals surface area (Å²) in [6.45, 7) is 18.5. The number of para-hydroxylation sites is 6. The maximum absolute atomic E-state index is 13.3. The number of halogens is 1.